The van der Waals surface area contributed by atoms with Crippen LogP contribution in [-0.2, 0) is 0 Å². The van der Waals surface area contributed by atoms with Crippen LogP contribution in [0.25, 0.3) is 50.0 Å². The van der Waals surface area contributed by atoms with Crippen LogP contribution in [0.1, 0.15) is 31.7 Å². The predicted octanol–water partition coefficient (Wildman–Crippen LogP) is 7.54. The molecule has 4 heterocycles. The van der Waals surface area contributed by atoms with Crippen LogP contribution in [0.15, 0.2) is 104 Å². The van der Waals surface area contributed by atoms with E-state index in [1.54, 1.807) is 6.20 Å². The minimum atomic E-state index is 0.550. The Labute approximate surface area is 221 Å². The number of allylic oxidation sites excluding steroid dienone is 5. The number of aromatic amines is 2. The number of pyridine rings is 2. The fraction of sp³-hybridized carbons (Fsp3) is 0.156. The zero-order valence-electron chi connectivity index (χ0n) is 21.5. The second-order valence-corrected chi connectivity index (χ2v) is 9.71. The van der Waals surface area contributed by atoms with Gasteiger partial charge in [0.2, 0.25) is 0 Å². The summed E-state index contributed by atoms with van der Waals surface area (Å²) in [4.78, 5) is 12.5. The molecule has 3 N–H and O–H groups in total. The number of nitrogens with one attached hydrogen (secondary N) is 3. The fourth-order valence-corrected chi connectivity index (χ4v) is 5.02. The van der Waals surface area contributed by atoms with Gasteiger partial charge in [-0.15, -0.1) is 0 Å². The Kier molecular flexibility index (Phi) is 6.22. The Morgan fingerprint density at radius 1 is 1.11 bits per heavy atom. The van der Waals surface area contributed by atoms with Crippen LogP contribution >= 0.6 is 0 Å². The second kappa shape index (κ2) is 9.98. The smallest absolute Gasteiger partial charge is 0.181 e. The van der Waals surface area contributed by atoms with E-state index in [0.717, 1.165) is 61.3 Å². The van der Waals surface area contributed by atoms with Gasteiger partial charge in [0.05, 0.1) is 11.4 Å². The number of H-pyrrole nitrogens is 2. The summed E-state index contributed by atoms with van der Waals surface area (Å²) in [5.74, 6) is 0.550. The van der Waals surface area contributed by atoms with Crippen molar-refractivity contribution in [3.8, 4) is 22.5 Å². The number of rotatable bonds is 8. The molecule has 1 aliphatic rings. The third-order valence-corrected chi connectivity index (χ3v) is 7.39. The molecule has 0 radical (unpaired) electrons. The molecule has 0 atom stereocenters. The second-order valence-electron chi connectivity index (χ2n) is 9.71. The van der Waals surface area contributed by atoms with E-state index < -0.39 is 0 Å². The summed E-state index contributed by atoms with van der Waals surface area (Å²) in [5, 5.41) is 13.2. The lowest BCUT2D eigenvalue weighted by molar-refractivity contribution is 0.356. The Balaban J connectivity index is 1.37. The molecular weight excluding hydrogens is 468 g/mol. The molecule has 0 bridgehead atoms. The topological polar surface area (TPSA) is 82.3 Å². The fourth-order valence-electron chi connectivity index (χ4n) is 5.02. The Bertz CT molecular complexity index is 1710. The largest absolute Gasteiger partial charge is 0.359 e. The molecule has 188 valence electrons. The van der Waals surface area contributed by atoms with E-state index in [1.807, 2.05) is 31.5 Å². The molecule has 0 amide bonds. The van der Waals surface area contributed by atoms with Gasteiger partial charge in [0.25, 0.3) is 0 Å². The molecule has 38 heavy (non-hydrogen) atoms. The maximum Gasteiger partial charge on any atom is 0.181 e. The first kappa shape index (κ1) is 23.7. The number of fused-ring (bicyclic) bond motifs is 2. The average molecular weight is 499 g/mol. The van der Waals surface area contributed by atoms with Crippen LogP contribution in [0.5, 0.6) is 0 Å². The Morgan fingerprint density at radius 2 is 2.00 bits per heavy atom. The van der Waals surface area contributed by atoms with E-state index in [1.165, 1.54) is 19.3 Å². The average Bonchev–Trinajstić information content (AvgIpc) is 3.54. The summed E-state index contributed by atoms with van der Waals surface area (Å²) in [6.07, 6.45) is 15.3. The summed E-state index contributed by atoms with van der Waals surface area (Å²) in [7, 11) is 0. The lowest BCUT2D eigenvalue weighted by atomic mass is 9.83. The molecule has 1 aromatic carbocycles. The van der Waals surface area contributed by atoms with Crippen molar-refractivity contribution in [2.45, 2.75) is 26.2 Å². The zero-order valence-corrected chi connectivity index (χ0v) is 21.5. The standard InChI is InChI=1S/C32H30N6/c1-4-21(15-25(5-2)35-20(3)22-9-6-10-22)24-16-28-31(37-38-32(28)34-19-24)30-17-27-26(12-7-13-29(27)36-30)23-11-8-14-33-18-23/h4-5,7-8,11-19,22,35-36H,2-3,6,9-10H2,1H3,(H,34,37,38)/b21-4+,25-15+. The van der Waals surface area contributed by atoms with E-state index in [2.05, 4.69) is 92.2 Å². The highest BCUT2D eigenvalue weighted by atomic mass is 15.2. The van der Waals surface area contributed by atoms with Crippen molar-refractivity contribution < 1.29 is 0 Å². The van der Waals surface area contributed by atoms with E-state index in [9.17, 15) is 0 Å². The van der Waals surface area contributed by atoms with E-state index >= 15 is 0 Å². The minimum absolute atomic E-state index is 0.550. The first-order valence-corrected chi connectivity index (χ1v) is 13.0. The van der Waals surface area contributed by atoms with Crippen molar-refractivity contribution >= 4 is 27.5 Å². The molecular formula is C32H30N6. The molecule has 6 nitrogen and oxygen atoms in total. The van der Waals surface area contributed by atoms with Crippen molar-refractivity contribution in [2.24, 2.45) is 5.92 Å². The summed E-state index contributed by atoms with van der Waals surface area (Å²) < 4.78 is 0. The van der Waals surface area contributed by atoms with Gasteiger partial charge in [-0.3, -0.25) is 10.1 Å². The van der Waals surface area contributed by atoms with E-state index in [-0.39, 0.29) is 0 Å². The number of aromatic nitrogens is 5. The summed E-state index contributed by atoms with van der Waals surface area (Å²) >= 11 is 0. The lowest BCUT2D eigenvalue weighted by Crippen LogP contribution is -2.23. The molecule has 6 heteroatoms. The maximum absolute atomic E-state index is 4.66. The molecule has 0 unspecified atom stereocenters. The van der Waals surface area contributed by atoms with Crippen LogP contribution in [0.2, 0.25) is 0 Å². The number of hydrogen-bond donors (Lipinski definition) is 3. The van der Waals surface area contributed by atoms with E-state index in [4.69, 9.17) is 0 Å². The Hall–Kier alpha value is -4.71. The third-order valence-electron chi connectivity index (χ3n) is 7.39. The van der Waals surface area contributed by atoms with Crippen molar-refractivity contribution in [1.29, 1.82) is 0 Å². The van der Waals surface area contributed by atoms with E-state index in [0.29, 0.717) is 11.6 Å². The molecule has 1 fully saturated rings. The highest BCUT2D eigenvalue weighted by Gasteiger charge is 2.20. The SMILES string of the molecule is C=C/C(=C\C(=C/C)c1cnc2n[nH]c(-c3cc4c(-c5cccnc5)cccc4[nH]3)c2c1)NC(=C)C1CCC1. The summed E-state index contributed by atoms with van der Waals surface area (Å²) in [6, 6.07) is 14.6. The van der Waals surface area contributed by atoms with Gasteiger partial charge >= 0.3 is 0 Å². The Morgan fingerprint density at radius 3 is 2.74 bits per heavy atom. The van der Waals surface area contributed by atoms with Crippen LogP contribution in [0.4, 0.5) is 0 Å². The van der Waals surface area contributed by atoms with Crippen molar-refractivity contribution in [3.63, 3.8) is 0 Å². The van der Waals surface area contributed by atoms with Crippen LogP contribution in [-0.4, -0.2) is 25.1 Å². The molecule has 0 saturated heterocycles. The molecule has 5 aromatic rings. The lowest BCUT2D eigenvalue weighted by Gasteiger charge is -2.28. The molecule has 0 spiro atoms. The zero-order chi connectivity index (χ0) is 26.1. The van der Waals surface area contributed by atoms with Gasteiger partial charge < -0.3 is 10.3 Å². The van der Waals surface area contributed by atoms with Crippen molar-refractivity contribution in [3.05, 3.63) is 109 Å². The number of benzene rings is 1. The molecule has 6 rings (SSSR count). The molecule has 0 aliphatic heterocycles. The highest BCUT2D eigenvalue weighted by molar-refractivity contribution is 6.01. The first-order valence-electron chi connectivity index (χ1n) is 13.0. The van der Waals surface area contributed by atoms with Gasteiger partial charge in [0.15, 0.2) is 5.65 Å². The quantitative estimate of drug-likeness (QED) is 0.193. The van der Waals surface area contributed by atoms with Crippen LogP contribution in [0, 0.1) is 5.92 Å². The number of hydrogen-bond acceptors (Lipinski definition) is 4. The maximum atomic E-state index is 4.66. The van der Waals surface area contributed by atoms with Gasteiger partial charge in [0, 0.05) is 57.4 Å². The molecule has 1 aliphatic carbocycles. The minimum Gasteiger partial charge on any atom is -0.359 e. The monoisotopic (exact) mass is 498 g/mol. The first-order chi connectivity index (χ1) is 18.6. The van der Waals surface area contributed by atoms with Gasteiger partial charge in [0.1, 0.15) is 0 Å². The van der Waals surface area contributed by atoms with Gasteiger partial charge in [-0.1, -0.05) is 43.9 Å². The third kappa shape index (κ3) is 4.34. The normalized spacial score (nSPS) is 14.6. The predicted molar refractivity (Wildman–Crippen MR) is 156 cm³/mol. The number of nitrogens with zero attached hydrogens (tertiary/aromatic N) is 3. The van der Waals surface area contributed by atoms with Crippen molar-refractivity contribution in [2.75, 3.05) is 0 Å². The molecule has 4 aromatic heterocycles. The molecule has 1 saturated carbocycles. The highest BCUT2D eigenvalue weighted by Crippen LogP contribution is 2.35. The van der Waals surface area contributed by atoms with Crippen LogP contribution < -0.4 is 5.32 Å². The van der Waals surface area contributed by atoms with Gasteiger partial charge in [-0.2, -0.15) is 5.10 Å². The van der Waals surface area contributed by atoms with Crippen LogP contribution in [0.3, 0.4) is 0 Å². The summed E-state index contributed by atoms with van der Waals surface area (Å²) in [6.45, 7) is 10.3. The summed E-state index contributed by atoms with van der Waals surface area (Å²) in [5.41, 5.74) is 9.86. The van der Waals surface area contributed by atoms with Crippen molar-refractivity contribution in [1.82, 2.24) is 30.5 Å². The van der Waals surface area contributed by atoms with Gasteiger partial charge in [-0.25, -0.2) is 4.98 Å². The van der Waals surface area contributed by atoms with Gasteiger partial charge in [-0.05, 0) is 73.2 Å².